The highest BCUT2D eigenvalue weighted by atomic mass is 16.6. The Labute approximate surface area is 111 Å². The van der Waals surface area contributed by atoms with Crippen molar-refractivity contribution in [2.45, 2.75) is 52.6 Å². The van der Waals surface area contributed by atoms with Crippen molar-refractivity contribution in [2.75, 3.05) is 0 Å². The SMILES string of the molecule is C=C[C@H]1CC(=O)O[C@@H]1[C@H]1C[C@@H](C)CC[C@@H]1C(C)C. The van der Waals surface area contributed by atoms with Gasteiger partial charge in [0.25, 0.3) is 0 Å². The number of cyclic esters (lactones) is 1. The fraction of sp³-hybridized carbons (Fsp3) is 0.812. The molecule has 102 valence electrons. The molecule has 0 aromatic carbocycles. The smallest absolute Gasteiger partial charge is 0.306 e. The normalized spacial score (nSPS) is 40.9. The molecule has 1 saturated carbocycles. The molecular formula is C16H26O2. The van der Waals surface area contributed by atoms with Crippen molar-refractivity contribution in [3.8, 4) is 0 Å². The summed E-state index contributed by atoms with van der Waals surface area (Å²) in [6, 6.07) is 0. The van der Waals surface area contributed by atoms with E-state index in [-0.39, 0.29) is 18.0 Å². The fourth-order valence-electron chi connectivity index (χ4n) is 3.87. The molecule has 0 spiro atoms. The van der Waals surface area contributed by atoms with Crippen LogP contribution in [0.1, 0.15) is 46.5 Å². The third kappa shape index (κ3) is 2.62. The van der Waals surface area contributed by atoms with Crippen LogP contribution in [0.3, 0.4) is 0 Å². The topological polar surface area (TPSA) is 26.3 Å². The first-order chi connectivity index (χ1) is 8.52. The molecule has 1 aliphatic carbocycles. The summed E-state index contributed by atoms with van der Waals surface area (Å²) in [5.41, 5.74) is 0. The molecule has 0 aromatic heterocycles. The lowest BCUT2D eigenvalue weighted by Crippen LogP contribution is -2.38. The van der Waals surface area contributed by atoms with Gasteiger partial charge >= 0.3 is 5.97 Å². The molecule has 1 aliphatic heterocycles. The molecule has 5 atom stereocenters. The maximum atomic E-state index is 11.6. The second-order valence-electron chi connectivity index (χ2n) is 6.55. The molecule has 1 heterocycles. The minimum absolute atomic E-state index is 0.0365. The van der Waals surface area contributed by atoms with Gasteiger partial charge in [-0.3, -0.25) is 4.79 Å². The number of carbonyl (C=O) groups excluding carboxylic acids is 1. The summed E-state index contributed by atoms with van der Waals surface area (Å²) >= 11 is 0. The predicted molar refractivity (Wildman–Crippen MR) is 73.0 cm³/mol. The van der Waals surface area contributed by atoms with Gasteiger partial charge in [-0.2, -0.15) is 0 Å². The monoisotopic (exact) mass is 250 g/mol. The Morgan fingerprint density at radius 1 is 1.39 bits per heavy atom. The van der Waals surface area contributed by atoms with Crippen LogP contribution in [0.5, 0.6) is 0 Å². The highest BCUT2D eigenvalue weighted by Crippen LogP contribution is 2.44. The molecule has 0 amide bonds. The minimum Gasteiger partial charge on any atom is -0.461 e. The maximum absolute atomic E-state index is 11.6. The van der Waals surface area contributed by atoms with Gasteiger partial charge in [0.1, 0.15) is 6.10 Å². The first-order valence-corrected chi connectivity index (χ1v) is 7.35. The van der Waals surface area contributed by atoms with E-state index in [4.69, 9.17) is 4.74 Å². The first-order valence-electron chi connectivity index (χ1n) is 7.35. The summed E-state index contributed by atoms with van der Waals surface area (Å²) < 4.78 is 5.62. The number of hydrogen-bond donors (Lipinski definition) is 0. The number of esters is 1. The van der Waals surface area contributed by atoms with E-state index in [2.05, 4.69) is 27.4 Å². The molecule has 0 N–H and O–H groups in total. The van der Waals surface area contributed by atoms with Crippen LogP contribution in [0, 0.1) is 29.6 Å². The van der Waals surface area contributed by atoms with Crippen molar-refractivity contribution >= 4 is 5.97 Å². The Kier molecular flexibility index (Phi) is 4.14. The van der Waals surface area contributed by atoms with Gasteiger partial charge in [0.05, 0.1) is 6.42 Å². The highest BCUT2D eigenvalue weighted by molar-refractivity contribution is 5.72. The zero-order valence-electron chi connectivity index (χ0n) is 11.9. The van der Waals surface area contributed by atoms with Crippen LogP contribution in [-0.2, 0) is 9.53 Å². The van der Waals surface area contributed by atoms with Crippen LogP contribution in [-0.4, -0.2) is 12.1 Å². The van der Waals surface area contributed by atoms with Crippen LogP contribution in [0.15, 0.2) is 12.7 Å². The molecule has 2 rings (SSSR count). The van der Waals surface area contributed by atoms with E-state index in [1.807, 2.05) is 6.08 Å². The van der Waals surface area contributed by atoms with E-state index < -0.39 is 0 Å². The lowest BCUT2D eigenvalue weighted by molar-refractivity contribution is -0.145. The second-order valence-corrected chi connectivity index (χ2v) is 6.55. The summed E-state index contributed by atoms with van der Waals surface area (Å²) in [6.45, 7) is 10.8. The number of hydrogen-bond acceptors (Lipinski definition) is 2. The summed E-state index contributed by atoms with van der Waals surface area (Å²) in [6.07, 6.45) is 6.34. The van der Waals surface area contributed by atoms with Crippen LogP contribution in [0.25, 0.3) is 0 Å². The van der Waals surface area contributed by atoms with Gasteiger partial charge in [-0.15, -0.1) is 6.58 Å². The average molecular weight is 250 g/mol. The Bertz CT molecular complexity index is 321. The Morgan fingerprint density at radius 2 is 2.11 bits per heavy atom. The number of ether oxygens (including phenoxy) is 1. The molecule has 18 heavy (non-hydrogen) atoms. The average Bonchev–Trinajstić information content (AvgIpc) is 2.69. The lowest BCUT2D eigenvalue weighted by Gasteiger charge is -2.41. The van der Waals surface area contributed by atoms with Gasteiger partial charge in [-0.1, -0.05) is 33.3 Å². The van der Waals surface area contributed by atoms with E-state index in [0.717, 1.165) is 5.92 Å². The van der Waals surface area contributed by atoms with Crippen LogP contribution in [0.4, 0.5) is 0 Å². The third-order valence-electron chi connectivity index (χ3n) is 4.89. The standard InChI is InChI=1S/C16H26O2/c1-5-12-9-15(17)18-16(12)14-8-11(4)6-7-13(14)10(2)3/h5,10-14,16H,1,6-9H2,2-4H3/t11-,12-,13+,14-,16-/m0/s1. The van der Waals surface area contributed by atoms with Crippen molar-refractivity contribution in [3.63, 3.8) is 0 Å². The fourth-order valence-corrected chi connectivity index (χ4v) is 3.87. The maximum Gasteiger partial charge on any atom is 0.306 e. The lowest BCUT2D eigenvalue weighted by atomic mass is 9.66. The molecule has 2 nitrogen and oxygen atoms in total. The zero-order valence-corrected chi connectivity index (χ0v) is 11.9. The van der Waals surface area contributed by atoms with Gasteiger partial charge in [0, 0.05) is 5.92 Å². The highest BCUT2D eigenvalue weighted by Gasteiger charge is 2.44. The van der Waals surface area contributed by atoms with Gasteiger partial charge < -0.3 is 4.74 Å². The van der Waals surface area contributed by atoms with Crippen molar-refractivity contribution in [3.05, 3.63) is 12.7 Å². The minimum atomic E-state index is -0.0365. The largest absolute Gasteiger partial charge is 0.461 e. The molecule has 0 radical (unpaired) electrons. The van der Waals surface area contributed by atoms with E-state index in [1.165, 1.54) is 19.3 Å². The molecule has 0 bridgehead atoms. The molecule has 2 fully saturated rings. The molecule has 0 aromatic rings. The predicted octanol–water partition coefficient (Wildman–Crippen LogP) is 3.81. The van der Waals surface area contributed by atoms with Gasteiger partial charge in [-0.25, -0.2) is 0 Å². The molecule has 2 heteroatoms. The zero-order chi connectivity index (χ0) is 13.3. The molecule has 0 unspecified atom stereocenters. The number of carbonyl (C=O) groups is 1. The van der Waals surface area contributed by atoms with Crippen molar-refractivity contribution in [2.24, 2.45) is 29.6 Å². The summed E-state index contributed by atoms with van der Waals surface area (Å²) in [4.78, 5) is 11.6. The summed E-state index contributed by atoms with van der Waals surface area (Å²) in [5, 5.41) is 0. The summed E-state index contributed by atoms with van der Waals surface area (Å²) in [5.74, 6) is 2.85. The van der Waals surface area contributed by atoms with Gasteiger partial charge in [-0.05, 0) is 36.5 Å². The quantitative estimate of drug-likeness (QED) is 0.562. The van der Waals surface area contributed by atoms with E-state index >= 15 is 0 Å². The van der Waals surface area contributed by atoms with Gasteiger partial charge in [0.2, 0.25) is 0 Å². The summed E-state index contributed by atoms with van der Waals surface area (Å²) in [7, 11) is 0. The number of rotatable bonds is 3. The van der Waals surface area contributed by atoms with E-state index in [1.54, 1.807) is 0 Å². The molecular weight excluding hydrogens is 224 g/mol. The van der Waals surface area contributed by atoms with E-state index in [9.17, 15) is 4.79 Å². The molecule has 1 saturated heterocycles. The van der Waals surface area contributed by atoms with E-state index in [0.29, 0.717) is 24.2 Å². The van der Waals surface area contributed by atoms with Gasteiger partial charge in [0.15, 0.2) is 0 Å². The van der Waals surface area contributed by atoms with Crippen molar-refractivity contribution in [1.82, 2.24) is 0 Å². The van der Waals surface area contributed by atoms with Crippen LogP contribution in [0.2, 0.25) is 0 Å². The third-order valence-corrected chi connectivity index (χ3v) is 4.89. The van der Waals surface area contributed by atoms with Crippen LogP contribution >= 0.6 is 0 Å². The molecule has 2 aliphatic rings. The van der Waals surface area contributed by atoms with Crippen LogP contribution < -0.4 is 0 Å². The Balaban J connectivity index is 2.16. The second kappa shape index (κ2) is 5.46. The Morgan fingerprint density at radius 3 is 2.72 bits per heavy atom. The van der Waals surface area contributed by atoms with Crippen molar-refractivity contribution in [1.29, 1.82) is 0 Å². The van der Waals surface area contributed by atoms with Crippen molar-refractivity contribution < 1.29 is 9.53 Å². The Hall–Kier alpha value is -0.790. The first kappa shape index (κ1) is 13.6.